The standard InChI is InChI=1S/C15H13ClN2O2S/c16-15-3-1-2-14(8-15)10-18-21(19,20)11-13-6-4-12(9-17)5-7-13/h1-8,18H,10-11H2. The van der Waals surface area contributed by atoms with Crippen LogP contribution in [-0.2, 0) is 22.3 Å². The molecule has 0 heterocycles. The van der Waals surface area contributed by atoms with Crippen molar-refractivity contribution in [2.75, 3.05) is 0 Å². The van der Waals surface area contributed by atoms with Gasteiger partial charge in [-0.15, -0.1) is 0 Å². The molecule has 0 radical (unpaired) electrons. The number of hydrogen-bond donors (Lipinski definition) is 1. The minimum absolute atomic E-state index is 0.126. The predicted octanol–water partition coefficient (Wildman–Crippen LogP) is 2.83. The first-order valence-electron chi connectivity index (χ1n) is 6.19. The Hall–Kier alpha value is -1.87. The fraction of sp³-hybridized carbons (Fsp3) is 0.133. The quantitative estimate of drug-likeness (QED) is 0.921. The van der Waals surface area contributed by atoms with Gasteiger partial charge in [0.15, 0.2) is 0 Å². The van der Waals surface area contributed by atoms with Crippen LogP contribution in [0.1, 0.15) is 16.7 Å². The van der Waals surface area contributed by atoms with Crippen molar-refractivity contribution in [1.82, 2.24) is 4.72 Å². The van der Waals surface area contributed by atoms with Crippen molar-refractivity contribution in [2.45, 2.75) is 12.3 Å². The van der Waals surface area contributed by atoms with E-state index in [1.54, 1.807) is 48.5 Å². The Balaban J connectivity index is 2.00. The second-order valence-corrected chi connectivity index (χ2v) is 6.76. The fourth-order valence-electron chi connectivity index (χ4n) is 1.79. The van der Waals surface area contributed by atoms with Crippen LogP contribution in [0, 0.1) is 11.3 Å². The van der Waals surface area contributed by atoms with Crippen LogP contribution >= 0.6 is 11.6 Å². The van der Waals surface area contributed by atoms with E-state index in [4.69, 9.17) is 16.9 Å². The molecule has 0 aromatic heterocycles. The number of benzene rings is 2. The first kappa shape index (κ1) is 15.5. The van der Waals surface area contributed by atoms with Gasteiger partial charge in [-0.2, -0.15) is 5.26 Å². The first-order valence-corrected chi connectivity index (χ1v) is 8.22. The van der Waals surface area contributed by atoms with Crippen LogP contribution in [0.5, 0.6) is 0 Å². The Kier molecular flexibility index (Phi) is 4.97. The molecule has 21 heavy (non-hydrogen) atoms. The number of nitrogens with zero attached hydrogens (tertiary/aromatic N) is 1. The van der Waals surface area contributed by atoms with Gasteiger partial charge in [-0.05, 0) is 35.4 Å². The highest BCUT2D eigenvalue weighted by Crippen LogP contribution is 2.11. The largest absolute Gasteiger partial charge is 0.216 e. The molecule has 108 valence electrons. The summed E-state index contributed by atoms with van der Waals surface area (Å²) in [6.07, 6.45) is 0. The van der Waals surface area contributed by atoms with E-state index in [1.807, 2.05) is 6.07 Å². The SMILES string of the molecule is N#Cc1ccc(CS(=O)(=O)NCc2cccc(Cl)c2)cc1. The first-order chi connectivity index (χ1) is 9.98. The molecule has 4 nitrogen and oxygen atoms in total. The zero-order valence-electron chi connectivity index (χ0n) is 11.1. The lowest BCUT2D eigenvalue weighted by Gasteiger charge is -2.07. The summed E-state index contributed by atoms with van der Waals surface area (Å²) >= 11 is 5.85. The number of nitriles is 1. The van der Waals surface area contributed by atoms with Crippen molar-refractivity contribution in [3.63, 3.8) is 0 Å². The van der Waals surface area contributed by atoms with Crippen molar-refractivity contribution < 1.29 is 8.42 Å². The Morgan fingerprint density at radius 3 is 2.43 bits per heavy atom. The van der Waals surface area contributed by atoms with Crippen molar-refractivity contribution in [2.24, 2.45) is 0 Å². The van der Waals surface area contributed by atoms with Crippen molar-refractivity contribution in [1.29, 1.82) is 5.26 Å². The summed E-state index contributed by atoms with van der Waals surface area (Å²) in [5.41, 5.74) is 1.93. The second-order valence-electron chi connectivity index (χ2n) is 4.52. The summed E-state index contributed by atoms with van der Waals surface area (Å²) in [6.45, 7) is 0.194. The molecular formula is C15H13ClN2O2S. The highest BCUT2D eigenvalue weighted by Gasteiger charge is 2.11. The van der Waals surface area contributed by atoms with E-state index in [0.29, 0.717) is 16.1 Å². The van der Waals surface area contributed by atoms with Crippen LogP contribution < -0.4 is 4.72 Å². The van der Waals surface area contributed by atoms with Crippen molar-refractivity contribution in [3.05, 3.63) is 70.2 Å². The van der Waals surface area contributed by atoms with Crippen LogP contribution in [0.2, 0.25) is 5.02 Å². The molecule has 0 amide bonds. The number of hydrogen-bond acceptors (Lipinski definition) is 3. The highest BCUT2D eigenvalue weighted by atomic mass is 35.5. The van der Waals surface area contributed by atoms with Crippen molar-refractivity contribution >= 4 is 21.6 Å². The van der Waals surface area contributed by atoms with E-state index in [-0.39, 0.29) is 12.3 Å². The molecule has 0 aliphatic rings. The lowest BCUT2D eigenvalue weighted by molar-refractivity contribution is 0.580. The third-order valence-electron chi connectivity index (χ3n) is 2.82. The lowest BCUT2D eigenvalue weighted by Crippen LogP contribution is -2.24. The normalized spacial score (nSPS) is 11.0. The molecule has 0 bridgehead atoms. The second kappa shape index (κ2) is 6.72. The third-order valence-corrected chi connectivity index (χ3v) is 4.36. The van der Waals surface area contributed by atoms with Crippen LogP contribution in [0.4, 0.5) is 0 Å². The van der Waals surface area contributed by atoms with Gasteiger partial charge in [-0.25, -0.2) is 13.1 Å². The van der Waals surface area contributed by atoms with Gasteiger partial charge >= 0.3 is 0 Å². The fourth-order valence-corrected chi connectivity index (χ4v) is 3.12. The van der Waals surface area contributed by atoms with Crippen LogP contribution in [0.25, 0.3) is 0 Å². The van der Waals surface area contributed by atoms with Crippen LogP contribution in [0.3, 0.4) is 0 Å². The summed E-state index contributed by atoms with van der Waals surface area (Å²) in [7, 11) is -3.44. The van der Waals surface area contributed by atoms with E-state index in [2.05, 4.69) is 4.72 Å². The smallest absolute Gasteiger partial charge is 0.212 e. The minimum Gasteiger partial charge on any atom is -0.212 e. The molecule has 2 aromatic rings. The number of nitrogens with one attached hydrogen (secondary N) is 1. The molecule has 2 rings (SSSR count). The average molecular weight is 321 g/mol. The Morgan fingerprint density at radius 1 is 1.10 bits per heavy atom. The van der Waals surface area contributed by atoms with Gasteiger partial charge in [0.1, 0.15) is 0 Å². The molecule has 0 fully saturated rings. The number of halogens is 1. The van der Waals surface area contributed by atoms with Gasteiger partial charge in [-0.1, -0.05) is 35.9 Å². The van der Waals surface area contributed by atoms with E-state index >= 15 is 0 Å². The maximum absolute atomic E-state index is 12.0. The summed E-state index contributed by atoms with van der Waals surface area (Å²) in [4.78, 5) is 0. The molecule has 2 aromatic carbocycles. The third kappa shape index (κ3) is 4.87. The molecule has 6 heteroatoms. The van der Waals surface area contributed by atoms with E-state index in [9.17, 15) is 8.42 Å². The van der Waals surface area contributed by atoms with Crippen LogP contribution in [0.15, 0.2) is 48.5 Å². The molecule has 0 aliphatic carbocycles. The maximum atomic E-state index is 12.0. The summed E-state index contributed by atoms with van der Waals surface area (Å²) in [6, 6.07) is 15.5. The van der Waals surface area contributed by atoms with Crippen LogP contribution in [-0.4, -0.2) is 8.42 Å². The monoisotopic (exact) mass is 320 g/mol. The van der Waals surface area contributed by atoms with E-state index in [0.717, 1.165) is 5.56 Å². The lowest BCUT2D eigenvalue weighted by atomic mass is 10.2. The maximum Gasteiger partial charge on any atom is 0.216 e. The zero-order chi connectivity index (χ0) is 15.3. The van der Waals surface area contributed by atoms with Gasteiger partial charge < -0.3 is 0 Å². The van der Waals surface area contributed by atoms with E-state index in [1.165, 1.54) is 0 Å². The Bertz CT molecular complexity index is 765. The van der Waals surface area contributed by atoms with Gasteiger partial charge in [0.25, 0.3) is 0 Å². The van der Waals surface area contributed by atoms with E-state index < -0.39 is 10.0 Å². The molecule has 0 aliphatic heterocycles. The molecular weight excluding hydrogens is 308 g/mol. The highest BCUT2D eigenvalue weighted by molar-refractivity contribution is 7.88. The summed E-state index contributed by atoms with van der Waals surface area (Å²) < 4.78 is 26.5. The molecule has 0 unspecified atom stereocenters. The average Bonchev–Trinajstić information content (AvgIpc) is 2.46. The summed E-state index contributed by atoms with van der Waals surface area (Å²) in [5.74, 6) is -0.126. The Labute approximate surface area is 129 Å². The zero-order valence-corrected chi connectivity index (χ0v) is 12.7. The van der Waals surface area contributed by atoms with Gasteiger partial charge in [0, 0.05) is 11.6 Å². The van der Waals surface area contributed by atoms with Crippen molar-refractivity contribution in [3.8, 4) is 6.07 Å². The number of sulfonamides is 1. The number of rotatable bonds is 5. The van der Waals surface area contributed by atoms with Gasteiger partial charge in [0.05, 0.1) is 17.4 Å². The molecule has 1 N–H and O–H groups in total. The van der Waals surface area contributed by atoms with Gasteiger partial charge in [0.2, 0.25) is 10.0 Å². The Morgan fingerprint density at radius 2 is 1.81 bits per heavy atom. The summed E-state index contributed by atoms with van der Waals surface area (Å²) in [5, 5.41) is 9.27. The van der Waals surface area contributed by atoms with Gasteiger partial charge in [-0.3, -0.25) is 0 Å². The molecule has 0 spiro atoms. The topological polar surface area (TPSA) is 70.0 Å². The minimum atomic E-state index is -3.44. The molecule has 0 atom stereocenters. The molecule has 0 saturated carbocycles. The predicted molar refractivity (Wildman–Crippen MR) is 82.1 cm³/mol. The molecule has 0 saturated heterocycles.